The molecule has 19 heavy (non-hydrogen) atoms. The lowest BCUT2D eigenvalue weighted by atomic mass is 10.2. The van der Waals surface area contributed by atoms with Crippen LogP contribution >= 0.6 is 0 Å². The Morgan fingerprint density at radius 3 is 2.79 bits per heavy atom. The maximum absolute atomic E-state index is 12.0. The summed E-state index contributed by atoms with van der Waals surface area (Å²) in [4.78, 5) is 16.7. The van der Waals surface area contributed by atoms with Crippen LogP contribution in [0.5, 0.6) is 0 Å². The van der Waals surface area contributed by atoms with E-state index in [0.29, 0.717) is 12.5 Å². The van der Waals surface area contributed by atoms with E-state index in [1.807, 2.05) is 13.8 Å². The van der Waals surface area contributed by atoms with Crippen molar-refractivity contribution in [2.45, 2.75) is 59.2 Å². The summed E-state index contributed by atoms with van der Waals surface area (Å²) in [7, 11) is 0. The minimum Gasteiger partial charge on any atom is -0.352 e. The van der Waals surface area contributed by atoms with Crippen LogP contribution in [0.2, 0.25) is 0 Å². The minimum absolute atomic E-state index is 0.0654. The summed E-state index contributed by atoms with van der Waals surface area (Å²) in [5.41, 5.74) is 2.33. The minimum atomic E-state index is 0.0654. The number of nitrogens with zero attached hydrogens (tertiary/aromatic N) is 2. The van der Waals surface area contributed by atoms with E-state index in [0.717, 1.165) is 31.0 Å². The second-order valence-electron chi connectivity index (χ2n) is 5.75. The second kappa shape index (κ2) is 5.74. The van der Waals surface area contributed by atoms with Crippen LogP contribution < -0.4 is 10.6 Å². The van der Waals surface area contributed by atoms with E-state index < -0.39 is 0 Å². The molecule has 0 unspecified atom stereocenters. The molecule has 0 spiro atoms. The van der Waals surface area contributed by atoms with Crippen LogP contribution in [0.15, 0.2) is 0 Å². The first-order chi connectivity index (χ1) is 8.99. The number of nitrogens with one attached hydrogen (secondary N) is 2. The maximum atomic E-state index is 12.0. The van der Waals surface area contributed by atoms with Crippen LogP contribution in [0.4, 0.5) is 0 Å². The van der Waals surface area contributed by atoms with Gasteiger partial charge in [-0.15, -0.1) is 0 Å². The zero-order valence-electron chi connectivity index (χ0n) is 12.3. The molecule has 0 aliphatic carbocycles. The summed E-state index contributed by atoms with van der Waals surface area (Å²) in [6, 6.07) is 0.177. The van der Waals surface area contributed by atoms with Gasteiger partial charge in [-0.05, 0) is 13.8 Å². The Morgan fingerprint density at radius 2 is 2.16 bits per heavy atom. The van der Waals surface area contributed by atoms with Crippen molar-refractivity contribution in [1.82, 2.24) is 20.2 Å². The number of carbonyl (C=O) groups is 1. The number of fused-ring (bicyclic) bond motifs is 1. The molecule has 1 aliphatic heterocycles. The van der Waals surface area contributed by atoms with Gasteiger partial charge in [0, 0.05) is 37.2 Å². The van der Waals surface area contributed by atoms with E-state index in [-0.39, 0.29) is 11.9 Å². The Balaban J connectivity index is 2.26. The maximum Gasteiger partial charge on any atom is 0.240 e. The number of carbonyl (C=O) groups excluding carboxylic acids is 1. The van der Waals surface area contributed by atoms with Gasteiger partial charge in [-0.2, -0.15) is 0 Å². The monoisotopic (exact) mass is 264 g/mol. The molecule has 0 radical (unpaired) electrons. The predicted molar refractivity (Wildman–Crippen MR) is 75.0 cm³/mol. The lowest BCUT2D eigenvalue weighted by Crippen LogP contribution is -2.34. The number of hydrogen-bond acceptors (Lipinski definition) is 3. The Labute approximate surface area is 114 Å². The highest BCUT2D eigenvalue weighted by Gasteiger charge is 2.22. The average molecular weight is 264 g/mol. The molecule has 1 aromatic heterocycles. The summed E-state index contributed by atoms with van der Waals surface area (Å²) >= 11 is 0. The van der Waals surface area contributed by atoms with Gasteiger partial charge < -0.3 is 15.2 Å². The third kappa shape index (κ3) is 3.15. The molecule has 0 fully saturated rings. The molecule has 5 nitrogen and oxygen atoms in total. The molecule has 5 heteroatoms. The fourth-order valence-corrected chi connectivity index (χ4v) is 2.52. The van der Waals surface area contributed by atoms with Crippen LogP contribution in [-0.4, -0.2) is 28.0 Å². The van der Waals surface area contributed by atoms with E-state index in [9.17, 15) is 4.79 Å². The molecule has 0 saturated heterocycles. The van der Waals surface area contributed by atoms with Crippen molar-refractivity contribution in [3.05, 3.63) is 17.2 Å². The summed E-state index contributed by atoms with van der Waals surface area (Å²) in [6.07, 6.45) is 0.948. The lowest BCUT2D eigenvalue weighted by molar-refractivity contribution is -0.122. The van der Waals surface area contributed by atoms with Gasteiger partial charge in [0.1, 0.15) is 12.4 Å². The van der Waals surface area contributed by atoms with Crippen LogP contribution in [0.3, 0.4) is 0 Å². The van der Waals surface area contributed by atoms with E-state index in [2.05, 4.69) is 29.0 Å². The Hall–Kier alpha value is -1.36. The largest absolute Gasteiger partial charge is 0.352 e. The average Bonchev–Trinajstić information content (AvgIpc) is 2.67. The highest BCUT2D eigenvalue weighted by atomic mass is 16.2. The van der Waals surface area contributed by atoms with Gasteiger partial charge >= 0.3 is 0 Å². The Kier molecular flexibility index (Phi) is 4.24. The molecule has 0 bridgehead atoms. The first kappa shape index (κ1) is 14.1. The third-order valence-electron chi connectivity index (χ3n) is 3.28. The van der Waals surface area contributed by atoms with Gasteiger partial charge in [-0.1, -0.05) is 13.8 Å². The van der Waals surface area contributed by atoms with Crippen molar-refractivity contribution in [3.63, 3.8) is 0 Å². The lowest BCUT2D eigenvalue weighted by Gasteiger charge is -2.17. The number of rotatable bonds is 4. The molecular formula is C14H24N4O. The molecule has 1 aliphatic rings. The Morgan fingerprint density at radius 1 is 1.42 bits per heavy atom. The summed E-state index contributed by atoms with van der Waals surface area (Å²) in [5.74, 6) is 1.42. The van der Waals surface area contributed by atoms with Gasteiger partial charge in [-0.3, -0.25) is 4.79 Å². The van der Waals surface area contributed by atoms with Crippen LogP contribution in [0, 0.1) is 0 Å². The van der Waals surface area contributed by atoms with Crippen molar-refractivity contribution < 1.29 is 4.79 Å². The molecular weight excluding hydrogens is 240 g/mol. The van der Waals surface area contributed by atoms with Crippen LogP contribution in [0.25, 0.3) is 0 Å². The highest BCUT2D eigenvalue weighted by Crippen LogP contribution is 2.21. The SMILES string of the molecule is CC(C)NC(=O)Cn1c(C(C)C)nc2c1CCNC2. The number of amides is 1. The molecule has 1 amide bonds. The van der Waals surface area contributed by atoms with Crippen LogP contribution in [0.1, 0.15) is 50.8 Å². The smallest absolute Gasteiger partial charge is 0.240 e. The number of imidazole rings is 1. The van der Waals surface area contributed by atoms with Gasteiger partial charge in [0.2, 0.25) is 5.91 Å². The number of hydrogen-bond donors (Lipinski definition) is 2. The van der Waals surface area contributed by atoms with Crippen molar-refractivity contribution in [3.8, 4) is 0 Å². The van der Waals surface area contributed by atoms with Gasteiger partial charge in [0.05, 0.1) is 5.69 Å². The van der Waals surface area contributed by atoms with Crippen LogP contribution in [-0.2, 0) is 24.3 Å². The second-order valence-corrected chi connectivity index (χ2v) is 5.75. The summed E-state index contributed by atoms with van der Waals surface area (Å²) in [6.45, 7) is 10.4. The van der Waals surface area contributed by atoms with E-state index in [1.54, 1.807) is 0 Å². The first-order valence-electron chi connectivity index (χ1n) is 7.07. The zero-order chi connectivity index (χ0) is 14.0. The molecule has 2 rings (SSSR count). The van der Waals surface area contributed by atoms with Crippen molar-refractivity contribution in [1.29, 1.82) is 0 Å². The fraction of sp³-hybridized carbons (Fsp3) is 0.714. The zero-order valence-corrected chi connectivity index (χ0v) is 12.3. The van der Waals surface area contributed by atoms with E-state index in [1.165, 1.54) is 5.69 Å². The normalized spacial score (nSPS) is 14.8. The van der Waals surface area contributed by atoms with Crippen molar-refractivity contribution in [2.24, 2.45) is 0 Å². The van der Waals surface area contributed by atoms with E-state index in [4.69, 9.17) is 4.98 Å². The van der Waals surface area contributed by atoms with Gasteiger partial charge in [0.15, 0.2) is 0 Å². The Bertz CT molecular complexity index is 462. The molecule has 0 aromatic carbocycles. The molecule has 0 saturated carbocycles. The molecule has 106 valence electrons. The van der Waals surface area contributed by atoms with Gasteiger partial charge in [0.25, 0.3) is 0 Å². The molecule has 0 atom stereocenters. The molecule has 2 heterocycles. The van der Waals surface area contributed by atoms with E-state index >= 15 is 0 Å². The topological polar surface area (TPSA) is 59.0 Å². The fourth-order valence-electron chi connectivity index (χ4n) is 2.52. The predicted octanol–water partition coefficient (Wildman–Crippen LogP) is 1.18. The standard InChI is InChI=1S/C14H24N4O/c1-9(2)14-17-11-7-15-6-5-12(11)18(14)8-13(19)16-10(3)4/h9-10,15H,5-8H2,1-4H3,(H,16,19). The summed E-state index contributed by atoms with van der Waals surface area (Å²) < 4.78 is 2.11. The van der Waals surface area contributed by atoms with Gasteiger partial charge in [-0.25, -0.2) is 4.98 Å². The first-order valence-corrected chi connectivity index (χ1v) is 7.07. The third-order valence-corrected chi connectivity index (χ3v) is 3.28. The number of aromatic nitrogens is 2. The highest BCUT2D eigenvalue weighted by molar-refractivity contribution is 5.76. The summed E-state index contributed by atoms with van der Waals surface area (Å²) in [5, 5.41) is 6.28. The van der Waals surface area contributed by atoms with Crippen molar-refractivity contribution >= 4 is 5.91 Å². The molecule has 1 aromatic rings. The molecule has 2 N–H and O–H groups in total. The van der Waals surface area contributed by atoms with Crippen molar-refractivity contribution in [2.75, 3.05) is 6.54 Å². The quantitative estimate of drug-likeness (QED) is 0.858.